The molecule has 0 aromatic heterocycles. The highest BCUT2D eigenvalue weighted by Gasteiger charge is 2.19. The first kappa shape index (κ1) is 53.4. The Morgan fingerprint density at radius 3 is 0.945 bits per heavy atom. The molecule has 55 heavy (non-hydrogen) atoms. The Bertz CT molecular complexity index is 856. The normalized spacial score (nSPS) is 13.1. The molecular weight excluding hydrogens is 685 g/mol. The summed E-state index contributed by atoms with van der Waals surface area (Å²) < 4.78 is 16.7. The van der Waals surface area contributed by atoms with E-state index in [0.29, 0.717) is 19.3 Å². The Labute approximate surface area is 342 Å². The fraction of sp³-hybridized carbons (Fsp3) is 0.939. The van der Waals surface area contributed by atoms with E-state index in [9.17, 15) is 14.4 Å². The largest absolute Gasteiger partial charge is 0.462 e. The van der Waals surface area contributed by atoms with Crippen LogP contribution in [0.4, 0.5) is 0 Å². The molecular formula is C49H94O6. The van der Waals surface area contributed by atoms with Crippen LogP contribution < -0.4 is 0 Å². The molecule has 0 N–H and O–H groups in total. The third-order valence-electron chi connectivity index (χ3n) is 11.6. The molecule has 0 aromatic rings. The van der Waals surface area contributed by atoms with E-state index in [1.807, 2.05) is 0 Å². The van der Waals surface area contributed by atoms with Crippen molar-refractivity contribution < 1.29 is 28.6 Å². The number of unbranched alkanes of at least 4 members (excludes halogenated alkanes) is 23. The van der Waals surface area contributed by atoms with Crippen LogP contribution in [0.5, 0.6) is 0 Å². The van der Waals surface area contributed by atoms with Crippen LogP contribution in [0.25, 0.3) is 0 Å². The molecule has 0 rings (SSSR count). The predicted octanol–water partition coefficient (Wildman–Crippen LogP) is 15.2. The summed E-state index contributed by atoms with van der Waals surface area (Å²) in [6, 6.07) is 0. The lowest BCUT2D eigenvalue weighted by molar-refractivity contribution is -0.167. The molecule has 0 heterocycles. The van der Waals surface area contributed by atoms with Gasteiger partial charge in [0.15, 0.2) is 6.10 Å². The minimum Gasteiger partial charge on any atom is -0.462 e. The van der Waals surface area contributed by atoms with Gasteiger partial charge in [0.2, 0.25) is 0 Å². The monoisotopic (exact) mass is 779 g/mol. The van der Waals surface area contributed by atoms with Crippen molar-refractivity contribution in [3.05, 3.63) is 0 Å². The summed E-state index contributed by atoms with van der Waals surface area (Å²) in [5, 5.41) is 0. The van der Waals surface area contributed by atoms with E-state index in [4.69, 9.17) is 14.2 Å². The fourth-order valence-corrected chi connectivity index (χ4v) is 7.17. The number of ether oxygens (including phenoxy) is 3. The molecule has 2 unspecified atom stereocenters. The van der Waals surface area contributed by atoms with Crippen molar-refractivity contribution >= 4 is 17.9 Å². The Hall–Kier alpha value is -1.59. The zero-order valence-electron chi connectivity index (χ0n) is 37.7. The fourth-order valence-electron chi connectivity index (χ4n) is 7.17. The van der Waals surface area contributed by atoms with Crippen LogP contribution >= 0.6 is 0 Å². The quantitative estimate of drug-likeness (QED) is 0.0349. The van der Waals surface area contributed by atoms with Gasteiger partial charge in [-0.3, -0.25) is 14.4 Å². The molecule has 0 aliphatic rings. The van der Waals surface area contributed by atoms with Crippen molar-refractivity contribution in [3.63, 3.8) is 0 Å². The minimum absolute atomic E-state index is 0.0664. The Kier molecular flexibility index (Phi) is 39.4. The zero-order chi connectivity index (χ0) is 40.6. The van der Waals surface area contributed by atoms with Crippen LogP contribution in [-0.2, 0) is 28.6 Å². The van der Waals surface area contributed by atoms with Gasteiger partial charge in [0.25, 0.3) is 0 Å². The van der Waals surface area contributed by atoms with E-state index < -0.39 is 6.10 Å². The zero-order valence-corrected chi connectivity index (χ0v) is 37.7. The van der Waals surface area contributed by atoms with Gasteiger partial charge in [-0.05, 0) is 37.0 Å². The predicted molar refractivity (Wildman–Crippen MR) is 233 cm³/mol. The lowest BCUT2D eigenvalue weighted by Gasteiger charge is -2.18. The van der Waals surface area contributed by atoms with E-state index in [1.54, 1.807) is 0 Å². The first-order valence-corrected chi connectivity index (χ1v) is 24.2. The SMILES string of the molecule is CCC(C)CCCCCCCCCCCCC(=O)OC[C@@H](COC(=O)CCCCCCCCCCCCC(C)C)OC(=O)CCCCCCCCC(C)CC. The molecule has 0 spiro atoms. The average Bonchev–Trinajstić information content (AvgIpc) is 3.17. The molecule has 0 bridgehead atoms. The van der Waals surface area contributed by atoms with Crippen molar-refractivity contribution in [1.29, 1.82) is 0 Å². The molecule has 3 atom stereocenters. The van der Waals surface area contributed by atoms with Crippen LogP contribution in [0, 0.1) is 17.8 Å². The maximum atomic E-state index is 12.7. The number of carbonyl (C=O) groups excluding carboxylic acids is 3. The smallest absolute Gasteiger partial charge is 0.306 e. The maximum Gasteiger partial charge on any atom is 0.306 e. The van der Waals surface area contributed by atoms with E-state index in [0.717, 1.165) is 75.5 Å². The van der Waals surface area contributed by atoms with Crippen molar-refractivity contribution in [2.45, 2.75) is 266 Å². The highest BCUT2D eigenvalue weighted by atomic mass is 16.6. The second-order valence-electron chi connectivity index (χ2n) is 17.7. The third kappa shape index (κ3) is 40.4. The molecule has 0 fully saturated rings. The van der Waals surface area contributed by atoms with Gasteiger partial charge in [-0.25, -0.2) is 0 Å². The van der Waals surface area contributed by atoms with Gasteiger partial charge >= 0.3 is 17.9 Å². The number of hydrogen-bond donors (Lipinski definition) is 0. The van der Waals surface area contributed by atoms with Crippen LogP contribution in [0.2, 0.25) is 0 Å². The number of rotatable bonds is 42. The highest BCUT2D eigenvalue weighted by molar-refractivity contribution is 5.71. The van der Waals surface area contributed by atoms with Crippen molar-refractivity contribution in [2.75, 3.05) is 13.2 Å². The molecule has 0 saturated carbocycles. The van der Waals surface area contributed by atoms with Gasteiger partial charge in [-0.1, -0.05) is 221 Å². The van der Waals surface area contributed by atoms with Gasteiger partial charge < -0.3 is 14.2 Å². The summed E-state index contributed by atoms with van der Waals surface area (Å²) >= 11 is 0. The van der Waals surface area contributed by atoms with Gasteiger partial charge in [-0.2, -0.15) is 0 Å². The van der Waals surface area contributed by atoms with Crippen molar-refractivity contribution in [2.24, 2.45) is 17.8 Å². The van der Waals surface area contributed by atoms with E-state index >= 15 is 0 Å². The number of hydrogen-bond acceptors (Lipinski definition) is 6. The second-order valence-corrected chi connectivity index (χ2v) is 17.7. The number of esters is 3. The maximum absolute atomic E-state index is 12.7. The van der Waals surface area contributed by atoms with Crippen LogP contribution in [-0.4, -0.2) is 37.2 Å². The summed E-state index contributed by atoms with van der Waals surface area (Å²) in [7, 11) is 0. The first-order valence-electron chi connectivity index (χ1n) is 24.2. The summed E-state index contributed by atoms with van der Waals surface area (Å²) in [6.45, 7) is 13.7. The molecule has 0 aromatic carbocycles. The minimum atomic E-state index is -0.763. The van der Waals surface area contributed by atoms with E-state index in [2.05, 4.69) is 41.5 Å². The summed E-state index contributed by atoms with van der Waals surface area (Å²) in [5.41, 5.74) is 0. The van der Waals surface area contributed by atoms with Gasteiger partial charge in [0.1, 0.15) is 13.2 Å². The first-order chi connectivity index (χ1) is 26.7. The molecule has 326 valence electrons. The Balaban J connectivity index is 4.33. The molecule has 6 nitrogen and oxygen atoms in total. The summed E-state index contributed by atoms with van der Waals surface area (Å²) in [6.07, 6.45) is 38.0. The van der Waals surface area contributed by atoms with Crippen molar-refractivity contribution in [1.82, 2.24) is 0 Å². The number of carbonyl (C=O) groups is 3. The van der Waals surface area contributed by atoms with Crippen LogP contribution in [0.15, 0.2) is 0 Å². The molecule has 0 saturated heterocycles. The van der Waals surface area contributed by atoms with Crippen molar-refractivity contribution in [3.8, 4) is 0 Å². The van der Waals surface area contributed by atoms with Gasteiger partial charge in [-0.15, -0.1) is 0 Å². The summed E-state index contributed by atoms with van der Waals surface area (Å²) in [4.78, 5) is 37.8. The molecule has 0 aliphatic heterocycles. The Morgan fingerprint density at radius 1 is 0.364 bits per heavy atom. The Morgan fingerprint density at radius 2 is 0.636 bits per heavy atom. The average molecular weight is 779 g/mol. The van der Waals surface area contributed by atoms with Gasteiger partial charge in [0.05, 0.1) is 0 Å². The molecule has 0 aliphatic carbocycles. The van der Waals surface area contributed by atoms with E-state index in [1.165, 1.54) is 141 Å². The lowest BCUT2D eigenvalue weighted by Crippen LogP contribution is -2.30. The van der Waals surface area contributed by atoms with E-state index in [-0.39, 0.29) is 31.1 Å². The molecule has 0 radical (unpaired) electrons. The summed E-state index contributed by atoms with van der Waals surface area (Å²) in [5.74, 6) is 1.64. The molecule has 6 heteroatoms. The lowest BCUT2D eigenvalue weighted by atomic mass is 9.99. The third-order valence-corrected chi connectivity index (χ3v) is 11.6. The topological polar surface area (TPSA) is 78.9 Å². The van der Waals surface area contributed by atoms with Gasteiger partial charge in [0, 0.05) is 19.3 Å². The highest BCUT2D eigenvalue weighted by Crippen LogP contribution is 2.18. The molecule has 0 amide bonds. The second kappa shape index (κ2) is 40.6. The van der Waals surface area contributed by atoms with Crippen LogP contribution in [0.1, 0.15) is 260 Å². The standard InChI is InChI=1S/C49H94O6/c1-7-44(5)36-30-24-18-14-10-12-16-20-27-33-39-48(51)54-42-46(55-49(52)40-34-28-22-21-25-31-37-45(6)8-2)41-53-47(50)38-32-26-19-15-11-9-13-17-23-29-35-43(3)4/h43-46H,7-42H2,1-6H3/t44?,45?,46-/m1/s1. The van der Waals surface area contributed by atoms with Crippen LogP contribution in [0.3, 0.4) is 0 Å².